The van der Waals surface area contributed by atoms with E-state index in [9.17, 15) is 4.79 Å². The number of carbonyl (C=O) groups excluding carboxylic acids is 1. The van der Waals surface area contributed by atoms with Crippen molar-refractivity contribution in [3.05, 3.63) is 54.4 Å². The molecule has 3 rings (SSSR count). The summed E-state index contributed by atoms with van der Waals surface area (Å²) in [5.41, 5.74) is 1.81. The van der Waals surface area contributed by atoms with Crippen molar-refractivity contribution in [3.63, 3.8) is 0 Å². The minimum atomic E-state index is -0.343. The first kappa shape index (κ1) is 15.1. The van der Waals surface area contributed by atoms with Gasteiger partial charge in [-0.3, -0.25) is 9.78 Å². The molecule has 23 heavy (non-hydrogen) atoms. The van der Waals surface area contributed by atoms with Gasteiger partial charge in [0.1, 0.15) is 17.4 Å². The largest absolute Gasteiger partial charge is 0.328 e. The third-order valence-electron chi connectivity index (χ3n) is 3.61. The number of benzene rings is 1. The lowest BCUT2D eigenvalue weighted by Gasteiger charge is -2.31. The van der Waals surface area contributed by atoms with Crippen molar-refractivity contribution in [3.8, 4) is 0 Å². The molecule has 0 aliphatic carbocycles. The van der Waals surface area contributed by atoms with Gasteiger partial charge >= 0.3 is 0 Å². The molecule has 1 unspecified atom stereocenters. The maximum Gasteiger partial charge on any atom is 0.271 e. The van der Waals surface area contributed by atoms with Crippen molar-refractivity contribution < 1.29 is 4.79 Å². The smallest absolute Gasteiger partial charge is 0.271 e. The van der Waals surface area contributed by atoms with E-state index in [1.165, 1.54) is 0 Å². The Kier molecular flexibility index (Phi) is 3.82. The molecule has 2 aromatic heterocycles. The Labute approximate surface area is 134 Å². The summed E-state index contributed by atoms with van der Waals surface area (Å²) in [4.78, 5) is 16.6. The van der Waals surface area contributed by atoms with Crippen LogP contribution < -0.4 is 5.32 Å². The Hall–Kier alpha value is -2.76. The quantitative estimate of drug-likeness (QED) is 0.807. The number of hydrogen-bond donors (Lipinski definition) is 1. The van der Waals surface area contributed by atoms with Gasteiger partial charge < -0.3 is 5.32 Å². The van der Waals surface area contributed by atoms with Crippen molar-refractivity contribution in [2.75, 3.05) is 0 Å². The number of rotatable bonds is 3. The Bertz CT molecular complexity index is 820. The van der Waals surface area contributed by atoms with E-state index in [1.54, 1.807) is 29.1 Å². The van der Waals surface area contributed by atoms with Crippen LogP contribution in [0.2, 0.25) is 0 Å². The zero-order chi connectivity index (χ0) is 16.4. The van der Waals surface area contributed by atoms with Crippen LogP contribution in [0.15, 0.2) is 48.7 Å². The van der Waals surface area contributed by atoms with Crippen LogP contribution in [-0.2, 0) is 0 Å². The fourth-order valence-electron chi connectivity index (χ4n) is 2.42. The number of pyridine rings is 1. The summed E-state index contributed by atoms with van der Waals surface area (Å²) in [7, 11) is 0. The number of nitrogens with zero attached hydrogens (tertiary/aromatic N) is 4. The lowest BCUT2D eigenvalue weighted by atomic mass is 9.92. The molecule has 1 atom stereocenters. The predicted octanol–water partition coefficient (Wildman–Crippen LogP) is 2.80. The second-order valence-electron chi connectivity index (χ2n) is 6.48. The van der Waals surface area contributed by atoms with Crippen LogP contribution in [-0.4, -0.2) is 25.9 Å². The normalized spacial score (nSPS) is 13.0. The van der Waals surface area contributed by atoms with Crippen LogP contribution in [0.5, 0.6) is 0 Å². The first-order valence-corrected chi connectivity index (χ1v) is 7.48. The first-order chi connectivity index (χ1) is 11.0. The summed E-state index contributed by atoms with van der Waals surface area (Å²) in [5.74, 6) is -0.231. The Morgan fingerprint density at radius 2 is 1.87 bits per heavy atom. The van der Waals surface area contributed by atoms with Crippen LogP contribution in [0.3, 0.4) is 0 Å². The van der Waals surface area contributed by atoms with Gasteiger partial charge in [-0.15, -0.1) is 5.10 Å². The number of carbonyl (C=O) groups is 1. The highest BCUT2D eigenvalue weighted by Crippen LogP contribution is 2.30. The van der Waals surface area contributed by atoms with Crippen LogP contribution in [0.1, 0.15) is 37.4 Å². The maximum absolute atomic E-state index is 12.5. The van der Waals surface area contributed by atoms with Gasteiger partial charge in [0.2, 0.25) is 0 Å². The van der Waals surface area contributed by atoms with E-state index in [2.05, 4.69) is 20.6 Å². The molecule has 2 heterocycles. The van der Waals surface area contributed by atoms with Crippen LogP contribution >= 0.6 is 0 Å². The van der Waals surface area contributed by atoms with Crippen LogP contribution in [0, 0.1) is 5.41 Å². The molecule has 0 saturated carbocycles. The lowest BCUT2D eigenvalue weighted by molar-refractivity contribution is 0.0838. The van der Waals surface area contributed by atoms with Gasteiger partial charge in [-0.25, -0.2) is 4.68 Å². The summed E-state index contributed by atoms with van der Waals surface area (Å²) in [5, 5.41) is 11.4. The second kappa shape index (κ2) is 5.79. The summed E-state index contributed by atoms with van der Waals surface area (Å²) >= 11 is 0. The van der Waals surface area contributed by atoms with Gasteiger partial charge in [0.25, 0.3) is 5.91 Å². The first-order valence-electron chi connectivity index (χ1n) is 7.48. The SMILES string of the molecule is CC(C)(C)C(NC(=O)c1ccccn1)n1nnc2ccccc21. The molecule has 1 aromatic carbocycles. The minimum Gasteiger partial charge on any atom is -0.328 e. The number of para-hydroxylation sites is 1. The maximum atomic E-state index is 12.5. The van der Waals surface area contributed by atoms with E-state index in [1.807, 2.05) is 45.0 Å². The van der Waals surface area contributed by atoms with Crippen molar-refractivity contribution in [1.82, 2.24) is 25.3 Å². The van der Waals surface area contributed by atoms with E-state index in [0.717, 1.165) is 11.0 Å². The minimum absolute atomic E-state index is 0.231. The fourth-order valence-corrected chi connectivity index (χ4v) is 2.42. The molecule has 6 nitrogen and oxygen atoms in total. The average Bonchev–Trinajstić information content (AvgIpc) is 2.96. The van der Waals surface area contributed by atoms with Gasteiger partial charge in [0.15, 0.2) is 0 Å². The highest BCUT2D eigenvalue weighted by Gasteiger charge is 2.30. The monoisotopic (exact) mass is 309 g/mol. The van der Waals surface area contributed by atoms with Crippen molar-refractivity contribution in [1.29, 1.82) is 0 Å². The van der Waals surface area contributed by atoms with Gasteiger partial charge in [0.05, 0.1) is 5.52 Å². The van der Waals surface area contributed by atoms with Gasteiger partial charge in [0, 0.05) is 11.6 Å². The molecule has 0 fully saturated rings. The third-order valence-corrected chi connectivity index (χ3v) is 3.61. The molecule has 0 bridgehead atoms. The molecular formula is C17H19N5O. The molecular weight excluding hydrogens is 290 g/mol. The molecule has 0 radical (unpaired) electrons. The number of amides is 1. The number of nitrogens with one attached hydrogen (secondary N) is 1. The zero-order valence-electron chi connectivity index (χ0n) is 13.4. The molecule has 1 N–H and O–H groups in total. The molecule has 0 aliphatic rings. The summed E-state index contributed by atoms with van der Waals surface area (Å²) in [6.45, 7) is 6.15. The zero-order valence-corrected chi connectivity index (χ0v) is 13.4. The molecule has 0 aliphatic heterocycles. The van der Waals surface area contributed by atoms with Crippen molar-refractivity contribution in [2.24, 2.45) is 5.41 Å². The average molecular weight is 309 g/mol. The van der Waals surface area contributed by atoms with Crippen molar-refractivity contribution in [2.45, 2.75) is 26.9 Å². The van der Waals surface area contributed by atoms with E-state index < -0.39 is 0 Å². The molecule has 3 aromatic rings. The topological polar surface area (TPSA) is 72.7 Å². The van der Waals surface area contributed by atoms with Crippen molar-refractivity contribution >= 4 is 16.9 Å². The highest BCUT2D eigenvalue weighted by atomic mass is 16.2. The Morgan fingerprint density at radius 3 is 2.57 bits per heavy atom. The second-order valence-corrected chi connectivity index (χ2v) is 6.48. The van der Waals surface area contributed by atoms with E-state index >= 15 is 0 Å². The third kappa shape index (κ3) is 3.06. The Balaban J connectivity index is 1.98. The number of hydrogen-bond acceptors (Lipinski definition) is 4. The standard InChI is InChI=1S/C17H19N5O/c1-17(2,3)16(19-15(23)13-9-6-7-11-18-13)22-14-10-5-4-8-12(14)20-21-22/h4-11,16H,1-3H3,(H,19,23). The van der Waals surface area contributed by atoms with Gasteiger partial charge in [-0.1, -0.05) is 44.2 Å². The predicted molar refractivity (Wildman–Crippen MR) is 87.7 cm³/mol. The molecule has 0 saturated heterocycles. The van der Waals surface area contributed by atoms with E-state index in [-0.39, 0.29) is 17.5 Å². The molecule has 6 heteroatoms. The van der Waals surface area contributed by atoms with E-state index in [0.29, 0.717) is 5.69 Å². The van der Waals surface area contributed by atoms with Crippen LogP contribution in [0.4, 0.5) is 0 Å². The number of fused-ring (bicyclic) bond motifs is 1. The Morgan fingerprint density at radius 1 is 1.13 bits per heavy atom. The molecule has 1 amide bonds. The van der Waals surface area contributed by atoms with Gasteiger partial charge in [-0.05, 0) is 24.3 Å². The highest BCUT2D eigenvalue weighted by molar-refractivity contribution is 5.92. The van der Waals surface area contributed by atoms with Gasteiger partial charge in [-0.2, -0.15) is 0 Å². The van der Waals surface area contributed by atoms with Crippen LogP contribution in [0.25, 0.3) is 11.0 Å². The summed E-state index contributed by atoms with van der Waals surface area (Å²) in [6.07, 6.45) is 1.26. The fraction of sp³-hybridized carbons (Fsp3) is 0.294. The van der Waals surface area contributed by atoms with E-state index in [4.69, 9.17) is 0 Å². The summed E-state index contributed by atoms with van der Waals surface area (Å²) < 4.78 is 1.76. The molecule has 118 valence electrons. The summed E-state index contributed by atoms with van der Waals surface area (Å²) in [6, 6.07) is 13.0. The lowest BCUT2D eigenvalue weighted by Crippen LogP contribution is -2.41. The molecule has 0 spiro atoms. The number of aromatic nitrogens is 4.